The van der Waals surface area contributed by atoms with Gasteiger partial charge in [-0.1, -0.05) is 12.1 Å². The average Bonchev–Trinajstić information content (AvgIpc) is 3.26. The van der Waals surface area contributed by atoms with Gasteiger partial charge < -0.3 is 14.0 Å². The van der Waals surface area contributed by atoms with E-state index < -0.39 is 0 Å². The summed E-state index contributed by atoms with van der Waals surface area (Å²) in [5, 5.41) is 5.28. The van der Waals surface area contributed by atoms with Crippen LogP contribution in [0.15, 0.2) is 42.3 Å². The lowest BCUT2D eigenvalue weighted by Crippen LogP contribution is -2.20. The molecule has 2 aromatic heterocycles. The monoisotopic (exact) mass is 411 g/mol. The largest absolute Gasteiger partial charge is 0.493 e. The van der Waals surface area contributed by atoms with Crippen LogP contribution in [0.2, 0.25) is 0 Å². The molecule has 2 heterocycles. The molecule has 6 nitrogen and oxygen atoms in total. The van der Waals surface area contributed by atoms with E-state index >= 15 is 0 Å². The summed E-state index contributed by atoms with van der Waals surface area (Å²) in [5.74, 6) is 0.859. The van der Waals surface area contributed by atoms with Crippen LogP contribution < -0.4 is 14.8 Å². The van der Waals surface area contributed by atoms with Crippen LogP contribution in [0.3, 0.4) is 0 Å². The first-order valence-corrected chi connectivity index (χ1v) is 10.1. The topological polar surface area (TPSA) is 65.4 Å². The molecule has 29 heavy (non-hydrogen) atoms. The number of amides is 1. The minimum absolute atomic E-state index is 0.123. The van der Waals surface area contributed by atoms with Gasteiger partial charge in [0.2, 0.25) is 0 Å². The van der Waals surface area contributed by atoms with Gasteiger partial charge in [-0.05, 0) is 44.5 Å². The predicted molar refractivity (Wildman–Crippen MR) is 117 cm³/mol. The first kappa shape index (κ1) is 20.7. The van der Waals surface area contributed by atoms with Crippen molar-refractivity contribution in [3.05, 3.63) is 59.3 Å². The fraction of sp³-hybridized carbons (Fsp3) is 0.273. The number of thiazole rings is 1. The van der Waals surface area contributed by atoms with Crippen LogP contribution in [0.4, 0.5) is 5.13 Å². The second-order valence-electron chi connectivity index (χ2n) is 6.71. The molecule has 0 unspecified atom stereocenters. The van der Waals surface area contributed by atoms with E-state index in [-0.39, 0.29) is 12.5 Å². The zero-order valence-corrected chi connectivity index (χ0v) is 17.9. The number of rotatable bonds is 8. The molecule has 0 spiro atoms. The quantitative estimate of drug-likeness (QED) is 0.543. The van der Waals surface area contributed by atoms with Gasteiger partial charge in [-0.15, -0.1) is 17.9 Å². The van der Waals surface area contributed by atoms with Gasteiger partial charge in [0.15, 0.2) is 23.2 Å². The Hall–Kier alpha value is -3.06. The van der Waals surface area contributed by atoms with Crippen molar-refractivity contribution in [2.45, 2.75) is 27.3 Å². The molecule has 152 valence electrons. The Morgan fingerprint density at radius 1 is 1.28 bits per heavy atom. The van der Waals surface area contributed by atoms with Crippen molar-refractivity contribution in [1.82, 2.24) is 9.55 Å². The number of nitrogens with zero attached hydrogens (tertiary/aromatic N) is 2. The number of aromatic nitrogens is 2. The Kier molecular flexibility index (Phi) is 6.39. The van der Waals surface area contributed by atoms with Gasteiger partial charge in [0, 0.05) is 28.9 Å². The molecule has 0 fully saturated rings. The summed E-state index contributed by atoms with van der Waals surface area (Å²) in [6.07, 6.45) is 1.87. The van der Waals surface area contributed by atoms with Crippen molar-refractivity contribution in [2.75, 3.05) is 19.0 Å². The normalized spacial score (nSPS) is 10.6. The van der Waals surface area contributed by atoms with Gasteiger partial charge in [-0.25, -0.2) is 4.98 Å². The first-order valence-electron chi connectivity index (χ1n) is 9.23. The Labute approximate surface area is 174 Å². The van der Waals surface area contributed by atoms with Crippen LogP contribution in [-0.2, 0) is 11.3 Å². The summed E-state index contributed by atoms with van der Waals surface area (Å²) < 4.78 is 13.1. The molecular formula is C22H25N3O3S. The molecule has 0 bridgehead atoms. The van der Waals surface area contributed by atoms with Crippen molar-refractivity contribution < 1.29 is 14.3 Å². The summed E-state index contributed by atoms with van der Waals surface area (Å²) in [6.45, 7) is 10.5. The third-order valence-electron chi connectivity index (χ3n) is 4.59. The standard InChI is InChI=1S/C22H25N3O3S/c1-6-9-25-15(3)11-17(16(25)4)18-13-29-22(23-18)24-21(26)12-28-19-8-7-14(2)10-20(19)27-5/h6-8,10-11,13H,1,9,12H2,2-5H3,(H,23,24,26). The summed E-state index contributed by atoms with van der Waals surface area (Å²) in [6, 6.07) is 7.67. The van der Waals surface area contributed by atoms with Crippen LogP contribution in [0.25, 0.3) is 11.3 Å². The molecule has 0 aliphatic rings. The predicted octanol–water partition coefficient (Wildman–Crippen LogP) is 4.75. The summed E-state index contributed by atoms with van der Waals surface area (Å²) >= 11 is 1.39. The second-order valence-corrected chi connectivity index (χ2v) is 7.57. The third kappa shape index (κ3) is 4.68. The first-order chi connectivity index (χ1) is 13.9. The molecule has 3 rings (SSSR count). The molecule has 0 atom stereocenters. The molecular weight excluding hydrogens is 386 g/mol. The number of anilines is 1. The van der Waals surface area contributed by atoms with Crippen LogP contribution in [-0.4, -0.2) is 29.2 Å². The van der Waals surface area contributed by atoms with E-state index in [4.69, 9.17) is 9.47 Å². The van der Waals surface area contributed by atoms with Crippen molar-refractivity contribution in [2.24, 2.45) is 0 Å². The van der Waals surface area contributed by atoms with Gasteiger partial charge in [0.05, 0.1) is 12.8 Å². The molecule has 1 amide bonds. The molecule has 7 heteroatoms. The Balaban J connectivity index is 1.65. The zero-order chi connectivity index (χ0) is 21.0. The van der Waals surface area contributed by atoms with Gasteiger partial charge >= 0.3 is 0 Å². The lowest BCUT2D eigenvalue weighted by molar-refractivity contribution is -0.118. The number of aryl methyl sites for hydroxylation is 2. The lowest BCUT2D eigenvalue weighted by Gasteiger charge is -2.10. The number of carbonyl (C=O) groups excluding carboxylic acids is 1. The van der Waals surface area contributed by atoms with E-state index in [0.29, 0.717) is 16.6 Å². The van der Waals surface area contributed by atoms with Crippen molar-refractivity contribution in [1.29, 1.82) is 0 Å². The van der Waals surface area contributed by atoms with Gasteiger partial charge in [-0.3, -0.25) is 10.1 Å². The van der Waals surface area contributed by atoms with Crippen LogP contribution in [0, 0.1) is 20.8 Å². The maximum absolute atomic E-state index is 12.3. The van der Waals surface area contributed by atoms with Crippen molar-refractivity contribution in [3.8, 4) is 22.8 Å². The highest BCUT2D eigenvalue weighted by molar-refractivity contribution is 7.14. The fourth-order valence-electron chi connectivity index (χ4n) is 3.12. The number of allylic oxidation sites excluding steroid dienone is 1. The summed E-state index contributed by atoms with van der Waals surface area (Å²) in [4.78, 5) is 16.8. The molecule has 0 saturated heterocycles. The maximum Gasteiger partial charge on any atom is 0.264 e. The molecule has 0 aliphatic heterocycles. The molecule has 3 aromatic rings. The van der Waals surface area contributed by atoms with Crippen LogP contribution in [0.1, 0.15) is 17.0 Å². The molecule has 1 N–H and O–H groups in total. The maximum atomic E-state index is 12.3. The number of hydrogen-bond acceptors (Lipinski definition) is 5. The van der Waals surface area contributed by atoms with E-state index in [2.05, 4.69) is 41.4 Å². The van der Waals surface area contributed by atoms with Crippen molar-refractivity contribution in [3.63, 3.8) is 0 Å². The minimum atomic E-state index is -0.273. The third-order valence-corrected chi connectivity index (χ3v) is 5.35. The molecule has 1 aromatic carbocycles. The Morgan fingerprint density at radius 3 is 2.79 bits per heavy atom. The number of nitrogens with one attached hydrogen (secondary N) is 1. The van der Waals surface area contributed by atoms with Gasteiger partial charge in [0.25, 0.3) is 5.91 Å². The summed E-state index contributed by atoms with van der Waals surface area (Å²) in [5.41, 5.74) is 5.23. The Bertz CT molecular complexity index is 1040. The van der Waals surface area contributed by atoms with Gasteiger partial charge in [0.1, 0.15) is 0 Å². The van der Waals surface area contributed by atoms with E-state index in [9.17, 15) is 4.79 Å². The highest BCUT2D eigenvalue weighted by Gasteiger charge is 2.15. The second kappa shape index (κ2) is 8.96. The summed E-state index contributed by atoms with van der Waals surface area (Å²) in [7, 11) is 1.57. The van der Waals surface area contributed by atoms with E-state index in [1.165, 1.54) is 11.3 Å². The SMILES string of the molecule is C=CCn1c(C)cc(-c2csc(NC(=O)COc3ccc(C)cc3OC)n2)c1C. The van der Waals surface area contributed by atoms with E-state index in [1.807, 2.05) is 30.5 Å². The van der Waals surface area contributed by atoms with E-state index in [1.54, 1.807) is 13.2 Å². The lowest BCUT2D eigenvalue weighted by atomic mass is 10.2. The number of carbonyl (C=O) groups is 1. The minimum Gasteiger partial charge on any atom is -0.493 e. The average molecular weight is 412 g/mol. The highest BCUT2D eigenvalue weighted by atomic mass is 32.1. The number of methoxy groups -OCH3 is 1. The van der Waals surface area contributed by atoms with Crippen LogP contribution >= 0.6 is 11.3 Å². The van der Waals surface area contributed by atoms with Gasteiger partial charge in [-0.2, -0.15) is 0 Å². The molecule has 0 saturated carbocycles. The number of ether oxygens (including phenoxy) is 2. The van der Waals surface area contributed by atoms with Crippen molar-refractivity contribution >= 4 is 22.4 Å². The highest BCUT2D eigenvalue weighted by Crippen LogP contribution is 2.30. The fourth-order valence-corrected chi connectivity index (χ4v) is 3.84. The Morgan fingerprint density at radius 2 is 2.07 bits per heavy atom. The number of hydrogen-bond donors (Lipinski definition) is 1. The smallest absolute Gasteiger partial charge is 0.264 e. The van der Waals surface area contributed by atoms with E-state index in [0.717, 1.165) is 34.8 Å². The number of benzene rings is 1. The van der Waals surface area contributed by atoms with Crippen LogP contribution in [0.5, 0.6) is 11.5 Å². The zero-order valence-electron chi connectivity index (χ0n) is 17.1. The molecule has 0 radical (unpaired) electrons. The molecule has 0 aliphatic carbocycles.